The van der Waals surface area contributed by atoms with Gasteiger partial charge in [-0.3, -0.25) is 23.7 Å². The molecule has 0 spiro atoms. The lowest BCUT2D eigenvalue weighted by Crippen LogP contribution is -2.48. The first-order chi connectivity index (χ1) is 15.7. The van der Waals surface area contributed by atoms with Gasteiger partial charge < -0.3 is 28.4 Å². The van der Waals surface area contributed by atoms with Gasteiger partial charge in [0.15, 0.2) is 24.6 Å². The van der Waals surface area contributed by atoms with Crippen LogP contribution in [0.4, 0.5) is 8.78 Å². The van der Waals surface area contributed by atoms with E-state index < -0.39 is 101 Å². The summed E-state index contributed by atoms with van der Waals surface area (Å²) >= 11 is 0. The Morgan fingerprint density at radius 3 is 2.29 bits per heavy atom. The van der Waals surface area contributed by atoms with E-state index >= 15 is 0 Å². The number of esters is 4. The largest absolute Gasteiger partial charge is 0.455 e. The number of methoxy groups -OCH3 is 1. The van der Waals surface area contributed by atoms with Crippen molar-refractivity contribution in [1.82, 2.24) is 0 Å². The average Bonchev–Trinajstić information content (AvgIpc) is 3.35. The number of fused-ring (bicyclic) bond motifs is 1. The summed E-state index contributed by atoms with van der Waals surface area (Å²) in [6, 6.07) is 0. The molecule has 3 fully saturated rings. The summed E-state index contributed by atoms with van der Waals surface area (Å²) in [5, 5.41) is -4.75. The van der Waals surface area contributed by atoms with Gasteiger partial charge in [0, 0.05) is 7.11 Å². The van der Waals surface area contributed by atoms with E-state index in [2.05, 4.69) is 4.74 Å². The second-order valence-electron chi connectivity index (χ2n) is 7.88. The van der Waals surface area contributed by atoms with Crippen LogP contribution in [0.1, 0.15) is 26.7 Å². The van der Waals surface area contributed by atoms with Crippen LogP contribution in [0.25, 0.3) is 0 Å². The standard InChI is InChI=1S/C18H22F2O13S/c1-6(18(19,20)34(25,26)27)29-8(21)4-5-9(22)31-14-12-10(16(23)30-7(2)28-3)11-13(32-12)15(14)33-17(11)24/h6-7,10-15H,4-5H2,1-3H3,(H,25,26,27). The molecule has 0 aromatic rings. The molecule has 0 radical (unpaired) electrons. The second kappa shape index (κ2) is 9.31. The molecule has 3 heterocycles. The lowest BCUT2D eigenvalue weighted by atomic mass is 9.78. The van der Waals surface area contributed by atoms with Crippen LogP contribution in [-0.4, -0.2) is 86.0 Å². The Kier molecular flexibility index (Phi) is 7.17. The Morgan fingerprint density at radius 1 is 1.09 bits per heavy atom. The van der Waals surface area contributed by atoms with Crippen LogP contribution in [0.2, 0.25) is 0 Å². The number of hydrogen-bond acceptors (Lipinski definition) is 12. The highest BCUT2D eigenvalue weighted by Crippen LogP contribution is 2.51. The normalized spacial score (nSPS) is 31.5. The fraction of sp³-hybridized carbons (Fsp3) is 0.778. The molecule has 3 aliphatic heterocycles. The van der Waals surface area contributed by atoms with Gasteiger partial charge in [-0.1, -0.05) is 0 Å². The molecule has 0 aliphatic carbocycles. The van der Waals surface area contributed by atoms with Crippen molar-refractivity contribution in [3.8, 4) is 0 Å². The van der Waals surface area contributed by atoms with Crippen LogP contribution < -0.4 is 0 Å². The summed E-state index contributed by atoms with van der Waals surface area (Å²) in [4.78, 5) is 48.7. The van der Waals surface area contributed by atoms with Crippen LogP contribution in [-0.2, 0) is 57.7 Å². The van der Waals surface area contributed by atoms with E-state index in [4.69, 9.17) is 28.2 Å². The van der Waals surface area contributed by atoms with Crippen molar-refractivity contribution in [2.45, 2.75) is 68.8 Å². The molecule has 2 bridgehead atoms. The summed E-state index contributed by atoms with van der Waals surface area (Å²) in [7, 11) is -4.53. The number of rotatable bonds is 10. The predicted molar refractivity (Wildman–Crippen MR) is 99.2 cm³/mol. The molecule has 0 aromatic heterocycles. The topological polar surface area (TPSA) is 178 Å². The van der Waals surface area contributed by atoms with Gasteiger partial charge in [-0.25, -0.2) is 0 Å². The van der Waals surface area contributed by atoms with Gasteiger partial charge in [-0.15, -0.1) is 0 Å². The molecular formula is C18H22F2O13S. The summed E-state index contributed by atoms with van der Waals surface area (Å²) in [5.74, 6) is -5.99. The third-order valence-corrected chi connectivity index (χ3v) is 6.74. The summed E-state index contributed by atoms with van der Waals surface area (Å²) < 4.78 is 87.0. The smallest absolute Gasteiger partial charge is 0.405 e. The second-order valence-corrected chi connectivity index (χ2v) is 9.38. The maximum atomic E-state index is 13.5. The van der Waals surface area contributed by atoms with Crippen molar-refractivity contribution in [2.75, 3.05) is 7.11 Å². The van der Waals surface area contributed by atoms with Crippen molar-refractivity contribution in [2.24, 2.45) is 11.8 Å². The molecule has 3 aliphatic rings. The molecule has 1 N–H and O–H groups in total. The first-order valence-corrected chi connectivity index (χ1v) is 11.5. The molecule has 8 atom stereocenters. The highest BCUT2D eigenvalue weighted by Gasteiger charge is 2.72. The Hall–Kier alpha value is -2.43. The molecule has 16 heteroatoms. The van der Waals surface area contributed by atoms with Crippen molar-refractivity contribution < 1.29 is 69.4 Å². The molecule has 0 aromatic carbocycles. The zero-order chi connectivity index (χ0) is 25.6. The maximum Gasteiger partial charge on any atom is 0.405 e. The Balaban J connectivity index is 1.57. The van der Waals surface area contributed by atoms with Crippen molar-refractivity contribution in [3.05, 3.63) is 0 Å². The molecule has 3 saturated heterocycles. The quantitative estimate of drug-likeness (QED) is 0.171. The fourth-order valence-corrected chi connectivity index (χ4v) is 4.45. The molecular weight excluding hydrogens is 494 g/mol. The molecule has 13 nitrogen and oxygen atoms in total. The van der Waals surface area contributed by atoms with E-state index in [1.165, 1.54) is 14.0 Å². The van der Waals surface area contributed by atoms with Crippen LogP contribution in [0.3, 0.4) is 0 Å². The van der Waals surface area contributed by atoms with Crippen LogP contribution in [0.5, 0.6) is 0 Å². The number of alkyl halides is 2. The molecule has 192 valence electrons. The minimum Gasteiger partial charge on any atom is -0.455 e. The number of ether oxygens (including phenoxy) is 6. The van der Waals surface area contributed by atoms with E-state index in [1.807, 2.05) is 0 Å². The Labute approximate surface area is 191 Å². The number of hydrogen-bond donors (Lipinski definition) is 1. The minimum atomic E-state index is -5.83. The Bertz CT molecular complexity index is 967. The monoisotopic (exact) mass is 516 g/mol. The van der Waals surface area contributed by atoms with Gasteiger partial charge >= 0.3 is 39.2 Å². The molecule has 34 heavy (non-hydrogen) atoms. The number of halogens is 2. The van der Waals surface area contributed by atoms with E-state index in [9.17, 15) is 36.4 Å². The van der Waals surface area contributed by atoms with Crippen molar-refractivity contribution >= 4 is 34.0 Å². The lowest BCUT2D eigenvalue weighted by Gasteiger charge is -2.27. The average molecular weight is 516 g/mol. The lowest BCUT2D eigenvalue weighted by molar-refractivity contribution is -0.181. The van der Waals surface area contributed by atoms with Crippen LogP contribution in [0.15, 0.2) is 0 Å². The zero-order valence-corrected chi connectivity index (χ0v) is 18.9. The van der Waals surface area contributed by atoms with E-state index in [-0.39, 0.29) is 0 Å². The third-order valence-electron chi connectivity index (χ3n) is 5.72. The van der Waals surface area contributed by atoms with Gasteiger partial charge in [-0.05, 0) is 13.8 Å². The molecule has 0 amide bonds. The first kappa shape index (κ1) is 26.2. The summed E-state index contributed by atoms with van der Waals surface area (Å²) in [5.41, 5.74) is 0. The highest BCUT2D eigenvalue weighted by molar-refractivity contribution is 7.86. The SMILES string of the molecule is COC(C)OC(=O)C1C2OC3C(OC(=O)C31)C2OC(=O)CCC(=O)OC(C)C(F)(F)S(=O)(=O)O. The van der Waals surface area contributed by atoms with E-state index in [0.29, 0.717) is 6.92 Å². The van der Waals surface area contributed by atoms with Gasteiger partial charge in [0.1, 0.15) is 24.0 Å². The van der Waals surface area contributed by atoms with Crippen LogP contribution >= 0.6 is 0 Å². The van der Waals surface area contributed by atoms with Crippen molar-refractivity contribution in [1.29, 1.82) is 0 Å². The fourth-order valence-electron chi connectivity index (χ4n) is 3.98. The molecule has 3 rings (SSSR count). The summed E-state index contributed by atoms with van der Waals surface area (Å²) in [6.07, 6.45) is -8.95. The van der Waals surface area contributed by atoms with Gasteiger partial charge in [0.05, 0.1) is 12.8 Å². The summed E-state index contributed by atoms with van der Waals surface area (Å²) in [6.45, 7) is 2.00. The minimum absolute atomic E-state index is 0.547. The first-order valence-electron chi connectivity index (χ1n) is 10.0. The third kappa shape index (κ3) is 4.71. The van der Waals surface area contributed by atoms with Gasteiger partial charge in [-0.2, -0.15) is 17.2 Å². The van der Waals surface area contributed by atoms with E-state index in [1.54, 1.807) is 0 Å². The van der Waals surface area contributed by atoms with Crippen LogP contribution in [0, 0.1) is 11.8 Å². The number of carbonyl (C=O) groups excluding carboxylic acids is 4. The predicted octanol–water partition coefficient (Wildman–Crippen LogP) is -0.435. The van der Waals surface area contributed by atoms with Gasteiger partial charge in [0.25, 0.3) is 0 Å². The van der Waals surface area contributed by atoms with Crippen molar-refractivity contribution in [3.63, 3.8) is 0 Å². The highest BCUT2D eigenvalue weighted by atomic mass is 32.2. The number of carbonyl (C=O) groups is 4. The molecule has 0 saturated carbocycles. The van der Waals surface area contributed by atoms with Gasteiger partial charge in [0.2, 0.25) is 0 Å². The molecule has 8 unspecified atom stereocenters. The Morgan fingerprint density at radius 2 is 1.71 bits per heavy atom. The maximum absolute atomic E-state index is 13.5. The zero-order valence-electron chi connectivity index (χ0n) is 18.0. The van der Waals surface area contributed by atoms with E-state index in [0.717, 1.165) is 0 Å².